The van der Waals surface area contributed by atoms with Crippen LogP contribution < -0.4 is 5.32 Å². The van der Waals surface area contributed by atoms with E-state index in [2.05, 4.69) is 38.4 Å². The summed E-state index contributed by atoms with van der Waals surface area (Å²) in [6.45, 7) is 0.693. The van der Waals surface area contributed by atoms with Crippen LogP contribution in [0.2, 0.25) is 0 Å². The highest BCUT2D eigenvalue weighted by Gasteiger charge is 1.93. The molecule has 2 rings (SSSR count). The average molecular weight is 289 g/mol. The maximum Gasteiger partial charge on any atom is 0.0872 e. The number of para-hydroxylation sites is 1. The van der Waals surface area contributed by atoms with E-state index in [9.17, 15) is 0 Å². The van der Waals surface area contributed by atoms with Crippen LogP contribution in [0.5, 0.6) is 0 Å². The normalized spacial score (nSPS) is 10.6. The third-order valence-electron chi connectivity index (χ3n) is 2.30. The third-order valence-corrected chi connectivity index (χ3v) is 2.99. The van der Waals surface area contributed by atoms with Crippen LogP contribution in [0.25, 0.3) is 0 Å². The van der Waals surface area contributed by atoms with Crippen LogP contribution >= 0.6 is 15.9 Å². The zero-order valence-corrected chi connectivity index (χ0v) is 10.9. The Kier molecular flexibility index (Phi) is 4.33. The lowest BCUT2D eigenvalue weighted by molar-refractivity contribution is 1.08. The van der Waals surface area contributed by atoms with Crippen molar-refractivity contribution in [3.8, 4) is 0 Å². The summed E-state index contributed by atoms with van der Waals surface area (Å²) in [5.41, 5.74) is 2.22. The van der Waals surface area contributed by atoms with Crippen molar-refractivity contribution in [2.24, 2.45) is 4.99 Å². The summed E-state index contributed by atoms with van der Waals surface area (Å²) in [6, 6.07) is 18.1. The molecule has 0 bridgehead atoms. The average Bonchev–Trinajstić information content (AvgIpc) is 2.38. The molecule has 2 aromatic carbocycles. The summed E-state index contributed by atoms with van der Waals surface area (Å²) >= 11 is 3.47. The molecule has 2 nitrogen and oxygen atoms in total. The Bertz CT molecular complexity index is 495. The summed E-state index contributed by atoms with van der Waals surface area (Å²) in [5, 5.41) is 3.14. The number of hydrogen-bond donors (Lipinski definition) is 1. The van der Waals surface area contributed by atoms with E-state index in [0.29, 0.717) is 6.54 Å². The van der Waals surface area contributed by atoms with Crippen molar-refractivity contribution in [3.63, 3.8) is 0 Å². The Hall–Kier alpha value is -1.61. The number of benzene rings is 2. The van der Waals surface area contributed by atoms with E-state index >= 15 is 0 Å². The molecule has 86 valence electrons. The molecule has 1 N–H and O–H groups in total. The lowest BCUT2D eigenvalue weighted by Gasteiger charge is -2.02. The van der Waals surface area contributed by atoms with Crippen LogP contribution in [-0.2, 0) is 6.54 Å². The highest BCUT2D eigenvalue weighted by atomic mass is 79.9. The SMILES string of the molecule is Brc1ccccc1NC=NCc1ccccc1. The molecule has 0 aliphatic carbocycles. The van der Waals surface area contributed by atoms with Crippen LogP contribution in [-0.4, -0.2) is 6.34 Å². The molecule has 0 aliphatic rings. The van der Waals surface area contributed by atoms with E-state index in [4.69, 9.17) is 0 Å². The first-order valence-electron chi connectivity index (χ1n) is 5.39. The molecule has 0 spiro atoms. The summed E-state index contributed by atoms with van der Waals surface area (Å²) in [5.74, 6) is 0. The van der Waals surface area contributed by atoms with Crippen LogP contribution in [0.1, 0.15) is 5.56 Å². The summed E-state index contributed by atoms with van der Waals surface area (Å²) < 4.78 is 1.03. The van der Waals surface area contributed by atoms with Crippen LogP contribution in [0.4, 0.5) is 5.69 Å². The number of anilines is 1. The molecule has 17 heavy (non-hydrogen) atoms. The molecule has 0 saturated carbocycles. The largest absolute Gasteiger partial charge is 0.346 e. The Morgan fingerprint density at radius 1 is 1.00 bits per heavy atom. The van der Waals surface area contributed by atoms with Crippen LogP contribution in [0, 0.1) is 0 Å². The van der Waals surface area contributed by atoms with E-state index in [-0.39, 0.29) is 0 Å². The van der Waals surface area contributed by atoms with Gasteiger partial charge in [0.15, 0.2) is 0 Å². The number of nitrogens with zero attached hydrogens (tertiary/aromatic N) is 1. The smallest absolute Gasteiger partial charge is 0.0872 e. The van der Waals surface area contributed by atoms with Gasteiger partial charge < -0.3 is 5.32 Å². The van der Waals surface area contributed by atoms with Gasteiger partial charge in [-0.2, -0.15) is 0 Å². The molecule has 0 heterocycles. The molecular weight excluding hydrogens is 276 g/mol. The van der Waals surface area contributed by atoms with Crippen molar-refractivity contribution in [2.45, 2.75) is 6.54 Å². The number of rotatable bonds is 4. The van der Waals surface area contributed by atoms with Gasteiger partial charge in [0.2, 0.25) is 0 Å². The fraction of sp³-hybridized carbons (Fsp3) is 0.0714. The van der Waals surface area contributed by atoms with E-state index in [1.807, 2.05) is 42.5 Å². The fourth-order valence-electron chi connectivity index (χ4n) is 1.43. The van der Waals surface area contributed by atoms with Crippen molar-refractivity contribution in [3.05, 3.63) is 64.6 Å². The molecule has 0 aromatic heterocycles. The topological polar surface area (TPSA) is 24.4 Å². The standard InChI is InChI=1S/C14H13BrN2/c15-13-8-4-5-9-14(13)17-11-16-10-12-6-2-1-3-7-12/h1-9,11H,10H2,(H,16,17). The highest BCUT2D eigenvalue weighted by molar-refractivity contribution is 9.10. The van der Waals surface area contributed by atoms with Crippen molar-refractivity contribution in [2.75, 3.05) is 5.32 Å². The van der Waals surface area contributed by atoms with Gasteiger partial charge in [0.05, 0.1) is 18.6 Å². The van der Waals surface area contributed by atoms with Crippen molar-refractivity contribution in [1.82, 2.24) is 0 Å². The third kappa shape index (κ3) is 3.71. The zero-order valence-electron chi connectivity index (χ0n) is 9.31. The first-order valence-corrected chi connectivity index (χ1v) is 6.19. The van der Waals surface area contributed by atoms with E-state index in [0.717, 1.165) is 10.2 Å². The van der Waals surface area contributed by atoms with Gasteiger partial charge in [-0.1, -0.05) is 42.5 Å². The van der Waals surface area contributed by atoms with Gasteiger partial charge in [0, 0.05) is 4.47 Å². The van der Waals surface area contributed by atoms with Gasteiger partial charge in [-0.15, -0.1) is 0 Å². The first kappa shape index (κ1) is 11.9. The van der Waals surface area contributed by atoms with Gasteiger partial charge in [-0.3, -0.25) is 4.99 Å². The monoisotopic (exact) mass is 288 g/mol. The van der Waals surface area contributed by atoms with E-state index < -0.39 is 0 Å². The second-order valence-electron chi connectivity index (χ2n) is 3.58. The Balaban J connectivity index is 1.89. The van der Waals surface area contributed by atoms with E-state index in [1.54, 1.807) is 6.34 Å². The van der Waals surface area contributed by atoms with Gasteiger partial charge in [-0.05, 0) is 33.6 Å². The van der Waals surface area contributed by atoms with Gasteiger partial charge in [0.1, 0.15) is 0 Å². The molecule has 0 aliphatic heterocycles. The quantitative estimate of drug-likeness (QED) is 0.665. The molecule has 2 aromatic rings. The molecular formula is C14H13BrN2. The minimum Gasteiger partial charge on any atom is -0.346 e. The van der Waals surface area contributed by atoms with Gasteiger partial charge in [-0.25, -0.2) is 0 Å². The number of nitrogens with one attached hydrogen (secondary N) is 1. The van der Waals surface area contributed by atoms with Crippen LogP contribution in [0.3, 0.4) is 0 Å². The minimum absolute atomic E-state index is 0.693. The van der Waals surface area contributed by atoms with E-state index in [1.165, 1.54) is 5.56 Å². The van der Waals surface area contributed by atoms with Crippen molar-refractivity contribution in [1.29, 1.82) is 0 Å². The molecule has 0 saturated heterocycles. The predicted octanol–water partition coefficient (Wildman–Crippen LogP) is 4.09. The minimum atomic E-state index is 0.693. The number of halogens is 1. The predicted molar refractivity (Wildman–Crippen MR) is 76.4 cm³/mol. The number of hydrogen-bond acceptors (Lipinski definition) is 1. The van der Waals surface area contributed by atoms with Gasteiger partial charge >= 0.3 is 0 Å². The maximum absolute atomic E-state index is 4.32. The Morgan fingerprint density at radius 3 is 2.47 bits per heavy atom. The fourth-order valence-corrected chi connectivity index (χ4v) is 1.83. The molecule has 0 unspecified atom stereocenters. The molecule has 0 atom stereocenters. The molecule has 0 fully saturated rings. The molecule has 3 heteroatoms. The maximum atomic E-state index is 4.32. The van der Waals surface area contributed by atoms with Crippen molar-refractivity contribution >= 4 is 28.0 Å². The zero-order chi connectivity index (χ0) is 11.9. The second-order valence-corrected chi connectivity index (χ2v) is 4.43. The highest BCUT2D eigenvalue weighted by Crippen LogP contribution is 2.20. The molecule has 0 radical (unpaired) electrons. The summed E-state index contributed by atoms with van der Waals surface area (Å²) in [4.78, 5) is 4.32. The lowest BCUT2D eigenvalue weighted by Crippen LogP contribution is -1.96. The Morgan fingerprint density at radius 2 is 1.71 bits per heavy atom. The van der Waals surface area contributed by atoms with Gasteiger partial charge in [0.25, 0.3) is 0 Å². The summed E-state index contributed by atoms with van der Waals surface area (Å²) in [7, 11) is 0. The molecule has 0 amide bonds. The second kappa shape index (κ2) is 6.21. The lowest BCUT2D eigenvalue weighted by atomic mass is 10.2. The van der Waals surface area contributed by atoms with Crippen molar-refractivity contribution < 1.29 is 0 Å². The Labute approximate surface area is 110 Å². The summed E-state index contributed by atoms with van der Waals surface area (Å²) in [6.07, 6.45) is 1.73. The van der Waals surface area contributed by atoms with Crippen LogP contribution in [0.15, 0.2) is 64.1 Å². The first-order chi connectivity index (χ1) is 8.36. The number of aliphatic imine (C=N–C) groups is 1.